The van der Waals surface area contributed by atoms with Crippen molar-refractivity contribution in [1.82, 2.24) is 9.78 Å². The molecule has 0 saturated carbocycles. The molecule has 0 unspecified atom stereocenters. The first kappa shape index (κ1) is 14.2. The van der Waals surface area contributed by atoms with Gasteiger partial charge in [0.25, 0.3) is 0 Å². The van der Waals surface area contributed by atoms with Crippen LogP contribution < -0.4 is 5.32 Å². The van der Waals surface area contributed by atoms with Crippen molar-refractivity contribution in [2.24, 2.45) is 0 Å². The van der Waals surface area contributed by atoms with Gasteiger partial charge in [-0.3, -0.25) is 0 Å². The zero-order valence-corrected chi connectivity index (χ0v) is 12.5. The highest BCUT2D eigenvalue weighted by Gasteiger charge is 2.09. The molecule has 3 aromatic rings. The van der Waals surface area contributed by atoms with E-state index in [0.29, 0.717) is 17.3 Å². The fraction of sp³-hybridized carbons (Fsp3) is 0.0588. The fourth-order valence-electron chi connectivity index (χ4n) is 2.15. The predicted molar refractivity (Wildman–Crippen MR) is 87.1 cm³/mol. The van der Waals surface area contributed by atoms with Crippen molar-refractivity contribution in [2.75, 3.05) is 5.32 Å². The van der Waals surface area contributed by atoms with Crippen molar-refractivity contribution >= 4 is 17.3 Å². The van der Waals surface area contributed by atoms with Gasteiger partial charge in [0.2, 0.25) is 0 Å². The Labute approximate surface area is 133 Å². The van der Waals surface area contributed by atoms with E-state index in [1.54, 1.807) is 16.9 Å². The Bertz CT molecular complexity index is 818. The van der Waals surface area contributed by atoms with Crippen molar-refractivity contribution in [2.45, 2.75) is 6.54 Å². The van der Waals surface area contributed by atoms with Gasteiger partial charge in [-0.15, -0.1) is 0 Å². The highest BCUT2D eigenvalue weighted by atomic mass is 35.5. The molecule has 0 radical (unpaired) electrons. The Morgan fingerprint density at radius 2 is 1.95 bits per heavy atom. The summed E-state index contributed by atoms with van der Waals surface area (Å²) in [7, 11) is 0. The van der Waals surface area contributed by atoms with Crippen molar-refractivity contribution in [3.8, 4) is 11.8 Å². The minimum atomic E-state index is 0.530. The van der Waals surface area contributed by atoms with E-state index >= 15 is 0 Å². The molecule has 3 rings (SSSR count). The molecule has 0 aliphatic rings. The summed E-state index contributed by atoms with van der Waals surface area (Å²) in [6.07, 6.45) is 1.70. The molecule has 0 fully saturated rings. The van der Waals surface area contributed by atoms with Crippen LogP contribution in [0.5, 0.6) is 0 Å². The second-order valence-electron chi connectivity index (χ2n) is 4.76. The predicted octanol–water partition coefficient (Wildman–Crippen LogP) is 4.01. The molecule has 0 aliphatic carbocycles. The van der Waals surface area contributed by atoms with Crippen LogP contribution in [0.1, 0.15) is 11.1 Å². The van der Waals surface area contributed by atoms with Gasteiger partial charge in [-0.05, 0) is 29.8 Å². The summed E-state index contributed by atoms with van der Waals surface area (Å²) >= 11 is 6.37. The standard InChI is InChI=1S/C17H13ClN4/c18-17-16(12-21-22(17)15-7-2-1-3-8-15)20-11-14-6-4-5-13(9-14)10-19/h1-9,12,20H,11H2. The van der Waals surface area contributed by atoms with Crippen LogP contribution in [0, 0.1) is 11.3 Å². The maximum Gasteiger partial charge on any atom is 0.155 e. The Morgan fingerprint density at radius 3 is 2.73 bits per heavy atom. The van der Waals surface area contributed by atoms with Crippen molar-refractivity contribution < 1.29 is 0 Å². The highest BCUT2D eigenvalue weighted by molar-refractivity contribution is 6.32. The smallest absolute Gasteiger partial charge is 0.155 e. The molecule has 1 N–H and O–H groups in total. The number of aromatic nitrogens is 2. The van der Waals surface area contributed by atoms with Gasteiger partial charge in [-0.25, -0.2) is 4.68 Å². The summed E-state index contributed by atoms with van der Waals surface area (Å²) in [6, 6.07) is 19.3. The molecule has 5 heteroatoms. The molecule has 0 atom stereocenters. The summed E-state index contributed by atoms with van der Waals surface area (Å²) in [5.41, 5.74) is 3.33. The number of hydrogen-bond donors (Lipinski definition) is 1. The van der Waals surface area contributed by atoms with E-state index < -0.39 is 0 Å². The van der Waals surface area contributed by atoms with E-state index in [1.807, 2.05) is 48.5 Å². The van der Waals surface area contributed by atoms with Crippen LogP contribution in [0.25, 0.3) is 5.69 Å². The number of hydrogen-bond acceptors (Lipinski definition) is 3. The second-order valence-corrected chi connectivity index (χ2v) is 5.12. The molecule has 0 aliphatic heterocycles. The molecular formula is C17H13ClN4. The topological polar surface area (TPSA) is 53.6 Å². The zero-order chi connectivity index (χ0) is 15.4. The molecule has 2 aromatic carbocycles. The van der Waals surface area contributed by atoms with Crippen molar-refractivity contribution in [1.29, 1.82) is 5.26 Å². The van der Waals surface area contributed by atoms with Crippen LogP contribution in [0.4, 0.5) is 5.69 Å². The van der Waals surface area contributed by atoms with Crippen LogP contribution in [-0.4, -0.2) is 9.78 Å². The monoisotopic (exact) mass is 308 g/mol. The first-order valence-corrected chi connectivity index (χ1v) is 7.17. The lowest BCUT2D eigenvalue weighted by atomic mass is 10.1. The first-order valence-electron chi connectivity index (χ1n) is 6.80. The zero-order valence-electron chi connectivity index (χ0n) is 11.7. The molecule has 0 amide bonds. The van der Waals surface area contributed by atoms with E-state index in [0.717, 1.165) is 16.9 Å². The van der Waals surface area contributed by atoms with E-state index in [9.17, 15) is 0 Å². The van der Waals surface area contributed by atoms with Gasteiger partial charge in [-0.2, -0.15) is 10.4 Å². The van der Waals surface area contributed by atoms with Crippen molar-refractivity contribution in [3.63, 3.8) is 0 Å². The summed E-state index contributed by atoms with van der Waals surface area (Å²) in [5.74, 6) is 0. The molecule has 0 bridgehead atoms. The molecular weight excluding hydrogens is 296 g/mol. The van der Waals surface area contributed by atoms with E-state index in [-0.39, 0.29) is 0 Å². The minimum Gasteiger partial charge on any atom is -0.377 e. The Hall–Kier alpha value is -2.77. The largest absolute Gasteiger partial charge is 0.377 e. The molecule has 0 spiro atoms. The summed E-state index contributed by atoms with van der Waals surface area (Å²) < 4.78 is 1.68. The molecule has 4 nitrogen and oxygen atoms in total. The van der Waals surface area contributed by atoms with Gasteiger partial charge in [0.05, 0.1) is 29.2 Å². The van der Waals surface area contributed by atoms with E-state index in [4.69, 9.17) is 16.9 Å². The fourth-order valence-corrected chi connectivity index (χ4v) is 2.41. The van der Waals surface area contributed by atoms with Gasteiger partial charge in [0.15, 0.2) is 5.15 Å². The third kappa shape index (κ3) is 2.95. The normalized spacial score (nSPS) is 10.2. The maximum atomic E-state index is 8.92. The highest BCUT2D eigenvalue weighted by Crippen LogP contribution is 2.24. The van der Waals surface area contributed by atoms with Crippen LogP contribution in [0.2, 0.25) is 5.15 Å². The number of nitrogens with one attached hydrogen (secondary N) is 1. The molecule has 0 saturated heterocycles. The van der Waals surface area contributed by atoms with Crippen LogP contribution in [0.3, 0.4) is 0 Å². The second kappa shape index (κ2) is 6.33. The summed E-state index contributed by atoms with van der Waals surface area (Å²) in [6.45, 7) is 0.579. The first-order chi connectivity index (χ1) is 10.8. The number of benzene rings is 2. The molecule has 1 aromatic heterocycles. The van der Waals surface area contributed by atoms with Crippen LogP contribution >= 0.6 is 11.6 Å². The Balaban J connectivity index is 1.77. The van der Waals surface area contributed by atoms with Gasteiger partial charge < -0.3 is 5.32 Å². The van der Waals surface area contributed by atoms with Gasteiger partial charge in [0, 0.05) is 6.54 Å². The van der Waals surface area contributed by atoms with Gasteiger partial charge >= 0.3 is 0 Å². The number of anilines is 1. The number of nitriles is 1. The van der Waals surface area contributed by atoms with Crippen LogP contribution in [0.15, 0.2) is 60.8 Å². The number of nitrogens with zero attached hydrogens (tertiary/aromatic N) is 3. The van der Waals surface area contributed by atoms with Crippen LogP contribution in [-0.2, 0) is 6.54 Å². The lowest BCUT2D eigenvalue weighted by molar-refractivity contribution is 0.881. The van der Waals surface area contributed by atoms with E-state index in [1.165, 1.54) is 0 Å². The van der Waals surface area contributed by atoms with Gasteiger partial charge in [0.1, 0.15) is 0 Å². The lowest BCUT2D eigenvalue weighted by Gasteiger charge is -2.06. The quantitative estimate of drug-likeness (QED) is 0.792. The Kier molecular flexibility index (Phi) is 4.08. The molecule has 108 valence electrons. The van der Waals surface area contributed by atoms with Crippen molar-refractivity contribution in [3.05, 3.63) is 77.1 Å². The molecule has 22 heavy (non-hydrogen) atoms. The summed E-state index contributed by atoms with van der Waals surface area (Å²) in [5, 5.41) is 17.0. The third-order valence-electron chi connectivity index (χ3n) is 3.25. The summed E-state index contributed by atoms with van der Waals surface area (Å²) in [4.78, 5) is 0. The lowest BCUT2D eigenvalue weighted by Crippen LogP contribution is -2.00. The Morgan fingerprint density at radius 1 is 1.14 bits per heavy atom. The maximum absolute atomic E-state index is 8.92. The third-order valence-corrected chi connectivity index (χ3v) is 3.61. The van der Waals surface area contributed by atoms with Gasteiger partial charge in [-0.1, -0.05) is 41.9 Å². The molecule has 1 heterocycles. The average molecular weight is 309 g/mol. The minimum absolute atomic E-state index is 0.530. The number of rotatable bonds is 4. The average Bonchev–Trinajstić information content (AvgIpc) is 2.95. The number of para-hydroxylation sites is 1. The van der Waals surface area contributed by atoms with E-state index in [2.05, 4.69) is 16.5 Å². The number of halogens is 1. The SMILES string of the molecule is N#Cc1cccc(CNc2cnn(-c3ccccc3)c2Cl)c1.